The topological polar surface area (TPSA) is 71.5 Å². The summed E-state index contributed by atoms with van der Waals surface area (Å²) < 4.78 is 5.38. The van der Waals surface area contributed by atoms with Gasteiger partial charge in [0.2, 0.25) is 0 Å². The highest BCUT2D eigenvalue weighted by Crippen LogP contribution is 2.36. The molecular formula is C11H14N2O3. The fourth-order valence-corrected chi connectivity index (χ4v) is 1.80. The number of methoxy groups -OCH3 is 1. The number of hydrogen-bond acceptors (Lipinski definition) is 4. The lowest BCUT2D eigenvalue weighted by molar-refractivity contribution is -0.0473. The van der Waals surface area contributed by atoms with Crippen molar-refractivity contribution >= 4 is 11.7 Å². The van der Waals surface area contributed by atoms with Crippen molar-refractivity contribution in [2.24, 2.45) is 0 Å². The van der Waals surface area contributed by atoms with Crippen LogP contribution in [-0.4, -0.2) is 28.9 Å². The summed E-state index contributed by atoms with van der Waals surface area (Å²) in [5.74, 6) is -1.03. The van der Waals surface area contributed by atoms with Gasteiger partial charge >= 0.3 is 5.97 Å². The van der Waals surface area contributed by atoms with Crippen molar-refractivity contribution in [3.63, 3.8) is 0 Å². The Morgan fingerprint density at radius 2 is 2.38 bits per heavy atom. The molecule has 16 heavy (non-hydrogen) atoms. The minimum Gasteiger partial charge on any atom is -0.476 e. The van der Waals surface area contributed by atoms with E-state index < -0.39 is 11.7 Å². The molecule has 1 heterocycles. The van der Waals surface area contributed by atoms with E-state index in [0.29, 0.717) is 5.69 Å². The zero-order valence-electron chi connectivity index (χ0n) is 9.06. The molecule has 1 saturated carbocycles. The zero-order chi connectivity index (χ0) is 11.6. The van der Waals surface area contributed by atoms with E-state index in [1.165, 1.54) is 6.20 Å². The van der Waals surface area contributed by atoms with Gasteiger partial charge < -0.3 is 15.2 Å². The van der Waals surface area contributed by atoms with Gasteiger partial charge in [-0.3, -0.25) is 0 Å². The molecule has 86 valence electrons. The molecule has 5 heteroatoms. The third-order valence-corrected chi connectivity index (χ3v) is 2.92. The summed E-state index contributed by atoms with van der Waals surface area (Å²) >= 11 is 0. The van der Waals surface area contributed by atoms with Crippen LogP contribution in [0.3, 0.4) is 0 Å². The SMILES string of the molecule is COC1(Nc2cccnc2C(=O)O)CCC1. The first-order valence-corrected chi connectivity index (χ1v) is 5.18. The standard InChI is InChI=1S/C11H14N2O3/c1-16-11(5-3-6-11)13-8-4-2-7-12-9(8)10(14)15/h2,4,7,13H,3,5-6H2,1H3,(H,14,15). The van der Waals surface area contributed by atoms with Gasteiger partial charge in [0.05, 0.1) is 5.69 Å². The van der Waals surface area contributed by atoms with Crippen molar-refractivity contribution in [2.45, 2.75) is 25.0 Å². The third kappa shape index (κ3) is 1.86. The van der Waals surface area contributed by atoms with Crippen molar-refractivity contribution in [1.29, 1.82) is 0 Å². The predicted molar refractivity (Wildman–Crippen MR) is 58.4 cm³/mol. The van der Waals surface area contributed by atoms with E-state index in [9.17, 15) is 4.79 Å². The van der Waals surface area contributed by atoms with Gasteiger partial charge in [-0.2, -0.15) is 0 Å². The molecule has 1 aliphatic rings. The number of pyridine rings is 1. The second kappa shape index (κ2) is 4.09. The zero-order valence-corrected chi connectivity index (χ0v) is 9.06. The summed E-state index contributed by atoms with van der Waals surface area (Å²) in [4.78, 5) is 14.8. The highest BCUT2D eigenvalue weighted by molar-refractivity contribution is 5.91. The molecule has 0 saturated heterocycles. The number of aromatic carboxylic acids is 1. The number of carbonyl (C=O) groups is 1. The van der Waals surface area contributed by atoms with Crippen molar-refractivity contribution in [3.8, 4) is 0 Å². The molecule has 0 spiro atoms. The van der Waals surface area contributed by atoms with Gasteiger partial charge in [-0.15, -0.1) is 0 Å². The number of carboxylic acids is 1. The monoisotopic (exact) mass is 222 g/mol. The summed E-state index contributed by atoms with van der Waals surface area (Å²) in [6.45, 7) is 0. The van der Waals surface area contributed by atoms with Crippen LogP contribution >= 0.6 is 0 Å². The molecule has 2 N–H and O–H groups in total. The average molecular weight is 222 g/mol. The van der Waals surface area contributed by atoms with Gasteiger partial charge in [-0.25, -0.2) is 9.78 Å². The maximum absolute atomic E-state index is 11.0. The molecule has 0 bridgehead atoms. The number of carboxylic acid groups (broad SMARTS) is 1. The lowest BCUT2D eigenvalue weighted by Crippen LogP contribution is -2.47. The number of anilines is 1. The van der Waals surface area contributed by atoms with Crippen molar-refractivity contribution < 1.29 is 14.6 Å². The van der Waals surface area contributed by atoms with E-state index in [1.54, 1.807) is 19.2 Å². The van der Waals surface area contributed by atoms with E-state index >= 15 is 0 Å². The number of aromatic nitrogens is 1. The van der Waals surface area contributed by atoms with Crippen LogP contribution < -0.4 is 5.32 Å². The van der Waals surface area contributed by atoms with Gasteiger partial charge in [-0.1, -0.05) is 0 Å². The molecule has 0 aliphatic heterocycles. The van der Waals surface area contributed by atoms with Gasteiger partial charge in [0, 0.05) is 13.3 Å². The van der Waals surface area contributed by atoms with E-state index in [4.69, 9.17) is 9.84 Å². The van der Waals surface area contributed by atoms with Crippen LogP contribution in [0.4, 0.5) is 5.69 Å². The third-order valence-electron chi connectivity index (χ3n) is 2.92. The fraction of sp³-hybridized carbons (Fsp3) is 0.455. The van der Waals surface area contributed by atoms with Gasteiger partial charge in [0.15, 0.2) is 5.69 Å². The number of hydrogen-bond donors (Lipinski definition) is 2. The lowest BCUT2D eigenvalue weighted by Gasteiger charge is -2.41. The molecule has 0 amide bonds. The Kier molecular flexibility index (Phi) is 2.78. The predicted octanol–water partition coefficient (Wildman–Crippen LogP) is 1.72. The summed E-state index contributed by atoms with van der Waals surface area (Å²) in [7, 11) is 1.63. The molecule has 0 radical (unpaired) electrons. The van der Waals surface area contributed by atoms with Crippen molar-refractivity contribution in [1.82, 2.24) is 4.98 Å². The molecule has 2 rings (SSSR count). The van der Waals surface area contributed by atoms with Gasteiger partial charge in [-0.05, 0) is 31.4 Å². The average Bonchev–Trinajstić information content (AvgIpc) is 2.24. The van der Waals surface area contributed by atoms with Gasteiger partial charge in [0.25, 0.3) is 0 Å². The van der Waals surface area contributed by atoms with Crippen LogP contribution in [0.1, 0.15) is 29.8 Å². The molecule has 1 aromatic heterocycles. The molecule has 5 nitrogen and oxygen atoms in total. The Labute approximate surface area is 93.5 Å². The minimum atomic E-state index is -1.03. The van der Waals surface area contributed by atoms with Crippen LogP contribution in [-0.2, 0) is 4.74 Å². The van der Waals surface area contributed by atoms with E-state index in [2.05, 4.69) is 10.3 Å². The fourth-order valence-electron chi connectivity index (χ4n) is 1.80. The quantitative estimate of drug-likeness (QED) is 0.759. The van der Waals surface area contributed by atoms with Crippen LogP contribution in [0.25, 0.3) is 0 Å². The Bertz CT molecular complexity index is 396. The summed E-state index contributed by atoms with van der Waals surface area (Å²) in [6, 6.07) is 3.41. The van der Waals surface area contributed by atoms with Crippen LogP contribution in [0.2, 0.25) is 0 Å². The van der Waals surface area contributed by atoms with Crippen LogP contribution in [0.15, 0.2) is 18.3 Å². The molecule has 1 aromatic rings. The number of ether oxygens (including phenoxy) is 1. The summed E-state index contributed by atoms with van der Waals surface area (Å²) in [5, 5.41) is 12.1. The van der Waals surface area contributed by atoms with E-state index in [-0.39, 0.29) is 5.69 Å². The molecule has 1 fully saturated rings. The first kappa shape index (κ1) is 10.9. The Morgan fingerprint density at radius 1 is 1.62 bits per heavy atom. The number of nitrogens with one attached hydrogen (secondary N) is 1. The van der Waals surface area contributed by atoms with Crippen molar-refractivity contribution in [3.05, 3.63) is 24.0 Å². The molecule has 0 unspecified atom stereocenters. The lowest BCUT2D eigenvalue weighted by atomic mass is 9.87. The highest BCUT2D eigenvalue weighted by atomic mass is 16.5. The highest BCUT2D eigenvalue weighted by Gasteiger charge is 2.37. The summed E-state index contributed by atoms with van der Waals surface area (Å²) in [6.07, 6.45) is 4.33. The first-order valence-electron chi connectivity index (χ1n) is 5.18. The van der Waals surface area contributed by atoms with Crippen LogP contribution in [0, 0.1) is 0 Å². The normalized spacial score (nSPS) is 17.6. The maximum atomic E-state index is 11.0. The second-order valence-corrected chi connectivity index (χ2v) is 3.88. The van der Waals surface area contributed by atoms with Gasteiger partial charge in [0.1, 0.15) is 5.72 Å². The molecule has 1 aliphatic carbocycles. The minimum absolute atomic E-state index is 0.0332. The second-order valence-electron chi connectivity index (χ2n) is 3.88. The van der Waals surface area contributed by atoms with Crippen LogP contribution in [0.5, 0.6) is 0 Å². The first-order chi connectivity index (χ1) is 7.67. The maximum Gasteiger partial charge on any atom is 0.356 e. The summed E-state index contributed by atoms with van der Waals surface area (Å²) in [5.41, 5.74) is 0.134. The number of nitrogens with zero attached hydrogens (tertiary/aromatic N) is 1. The largest absolute Gasteiger partial charge is 0.476 e. The molecule has 0 aromatic carbocycles. The smallest absolute Gasteiger partial charge is 0.356 e. The van der Waals surface area contributed by atoms with Crippen molar-refractivity contribution in [2.75, 3.05) is 12.4 Å². The Hall–Kier alpha value is -1.62. The molecular weight excluding hydrogens is 208 g/mol. The molecule has 0 atom stereocenters. The Balaban J connectivity index is 2.23. The number of rotatable bonds is 4. The van der Waals surface area contributed by atoms with E-state index in [0.717, 1.165) is 19.3 Å². The van der Waals surface area contributed by atoms with E-state index in [1.807, 2.05) is 0 Å². The Morgan fingerprint density at radius 3 is 2.88 bits per heavy atom.